The summed E-state index contributed by atoms with van der Waals surface area (Å²) in [5.74, 6) is -0.489. The van der Waals surface area contributed by atoms with Crippen molar-refractivity contribution in [2.24, 2.45) is 0 Å². The zero-order chi connectivity index (χ0) is 16.6. The van der Waals surface area contributed by atoms with Crippen LogP contribution in [0.3, 0.4) is 0 Å². The Labute approximate surface area is 140 Å². The molecule has 0 unspecified atom stereocenters. The lowest BCUT2D eigenvalue weighted by Gasteiger charge is -2.03. The van der Waals surface area contributed by atoms with Gasteiger partial charge in [0.05, 0.1) is 5.39 Å². The average Bonchev–Trinajstić information content (AvgIpc) is 2.85. The van der Waals surface area contributed by atoms with Crippen LogP contribution in [0.25, 0.3) is 10.2 Å². The van der Waals surface area contributed by atoms with Gasteiger partial charge >= 0.3 is 5.97 Å². The highest BCUT2D eigenvalue weighted by molar-refractivity contribution is 7.98. The van der Waals surface area contributed by atoms with Crippen LogP contribution < -0.4 is 5.56 Å². The van der Waals surface area contributed by atoms with E-state index >= 15 is 0 Å². The van der Waals surface area contributed by atoms with Crippen LogP contribution in [0.5, 0.6) is 0 Å². The molecule has 0 aliphatic carbocycles. The maximum atomic E-state index is 12.3. The smallest absolute Gasteiger partial charge is 0.346 e. The van der Waals surface area contributed by atoms with Gasteiger partial charge in [-0.2, -0.15) is 0 Å². The summed E-state index contributed by atoms with van der Waals surface area (Å²) in [4.78, 5) is 32.5. The zero-order valence-corrected chi connectivity index (χ0v) is 14.2. The van der Waals surface area contributed by atoms with Crippen molar-refractivity contribution >= 4 is 39.3 Å². The van der Waals surface area contributed by atoms with Crippen molar-refractivity contribution in [2.45, 2.75) is 18.2 Å². The number of benzene rings is 1. The Kier molecular flexibility index (Phi) is 4.23. The summed E-state index contributed by atoms with van der Waals surface area (Å²) in [7, 11) is 0. The highest BCUT2D eigenvalue weighted by Crippen LogP contribution is 2.27. The molecule has 3 rings (SSSR count). The molecule has 7 heteroatoms. The van der Waals surface area contributed by atoms with Gasteiger partial charge in [-0.25, -0.2) is 9.78 Å². The molecule has 23 heavy (non-hydrogen) atoms. The van der Waals surface area contributed by atoms with Crippen LogP contribution in [0.4, 0.5) is 0 Å². The Morgan fingerprint density at radius 1 is 1.35 bits per heavy atom. The van der Waals surface area contributed by atoms with E-state index in [9.17, 15) is 14.7 Å². The molecule has 2 heterocycles. The van der Waals surface area contributed by atoms with E-state index < -0.39 is 5.97 Å². The van der Waals surface area contributed by atoms with Gasteiger partial charge in [0, 0.05) is 11.3 Å². The molecule has 0 spiro atoms. The lowest BCUT2D eigenvalue weighted by Crippen LogP contribution is -2.12. The van der Waals surface area contributed by atoms with E-state index in [0.29, 0.717) is 28.0 Å². The first-order valence-electron chi connectivity index (χ1n) is 6.88. The number of aryl methyl sites for hydroxylation is 1. The first kappa shape index (κ1) is 15.8. The maximum absolute atomic E-state index is 12.3. The first-order valence-corrected chi connectivity index (χ1v) is 8.92. The van der Waals surface area contributed by atoms with Crippen LogP contribution in [0, 0.1) is 6.92 Å². The predicted octanol–water partition coefficient (Wildman–Crippen LogP) is 3.30. The van der Waals surface area contributed by atoms with Crippen molar-refractivity contribution in [1.82, 2.24) is 9.97 Å². The van der Waals surface area contributed by atoms with E-state index in [4.69, 9.17) is 0 Å². The summed E-state index contributed by atoms with van der Waals surface area (Å²) >= 11 is 2.71. The number of carboxylic acids is 1. The third-order valence-corrected chi connectivity index (χ3v) is 5.49. The second kappa shape index (κ2) is 6.17. The number of fused-ring (bicyclic) bond motifs is 1. The van der Waals surface area contributed by atoms with Crippen LogP contribution in [0.15, 0.2) is 34.0 Å². The molecular weight excluding hydrogens is 332 g/mol. The van der Waals surface area contributed by atoms with Gasteiger partial charge in [0.2, 0.25) is 0 Å². The standard InChI is InChI=1S/C16H14N2O3S2/c1-8-12-14(19)17-11(18-15(12)23-13(8)16(20)21)7-9-3-5-10(22-2)6-4-9/h3-6H,7H2,1-2H3,(H,20,21)(H,17,18,19). The van der Waals surface area contributed by atoms with Gasteiger partial charge in [0.15, 0.2) is 0 Å². The SMILES string of the molecule is CSc1ccc(Cc2nc3sc(C(=O)O)c(C)c3c(=O)[nH]2)cc1. The Hall–Kier alpha value is -2.12. The molecule has 0 aliphatic heterocycles. The number of thioether (sulfide) groups is 1. The van der Waals surface area contributed by atoms with Crippen molar-refractivity contribution in [1.29, 1.82) is 0 Å². The van der Waals surface area contributed by atoms with Gasteiger partial charge in [0.25, 0.3) is 5.56 Å². The Balaban J connectivity index is 2.02. The molecule has 1 aromatic carbocycles. The summed E-state index contributed by atoms with van der Waals surface area (Å²) in [5, 5.41) is 9.55. The van der Waals surface area contributed by atoms with E-state index in [1.54, 1.807) is 18.7 Å². The van der Waals surface area contributed by atoms with Gasteiger partial charge in [-0.1, -0.05) is 12.1 Å². The van der Waals surface area contributed by atoms with Crippen molar-refractivity contribution in [2.75, 3.05) is 6.26 Å². The summed E-state index contributed by atoms with van der Waals surface area (Å²) in [6, 6.07) is 8.04. The maximum Gasteiger partial charge on any atom is 0.346 e. The lowest BCUT2D eigenvalue weighted by atomic mass is 10.1. The molecule has 118 valence electrons. The molecule has 0 amide bonds. The molecule has 2 N–H and O–H groups in total. The highest BCUT2D eigenvalue weighted by atomic mass is 32.2. The number of hydrogen-bond donors (Lipinski definition) is 2. The van der Waals surface area contributed by atoms with E-state index in [1.165, 1.54) is 4.90 Å². The number of aromatic carboxylic acids is 1. The Morgan fingerprint density at radius 3 is 2.65 bits per heavy atom. The Bertz CT molecular complexity index is 942. The van der Waals surface area contributed by atoms with Crippen LogP contribution in [0.1, 0.15) is 26.6 Å². The number of rotatable bonds is 4. The topological polar surface area (TPSA) is 83.0 Å². The van der Waals surface area contributed by atoms with E-state index in [-0.39, 0.29) is 10.4 Å². The third kappa shape index (κ3) is 3.02. The molecule has 0 fully saturated rings. The van der Waals surface area contributed by atoms with Crippen LogP contribution in [0.2, 0.25) is 0 Å². The highest BCUT2D eigenvalue weighted by Gasteiger charge is 2.18. The fourth-order valence-corrected chi connectivity index (χ4v) is 3.86. The number of carboxylic acid groups (broad SMARTS) is 1. The summed E-state index contributed by atoms with van der Waals surface area (Å²) in [6.45, 7) is 1.64. The number of aromatic amines is 1. The molecule has 0 atom stereocenters. The monoisotopic (exact) mass is 346 g/mol. The van der Waals surface area contributed by atoms with Gasteiger partial charge in [-0.3, -0.25) is 4.79 Å². The molecule has 0 aliphatic rings. The second-order valence-corrected chi connectivity index (χ2v) is 6.96. The largest absolute Gasteiger partial charge is 0.477 e. The third-order valence-electron chi connectivity index (χ3n) is 3.57. The summed E-state index contributed by atoms with van der Waals surface area (Å²) < 4.78 is 0. The zero-order valence-electron chi connectivity index (χ0n) is 12.5. The average molecular weight is 346 g/mol. The van der Waals surface area contributed by atoms with Crippen LogP contribution >= 0.6 is 23.1 Å². The number of nitrogens with one attached hydrogen (secondary N) is 1. The van der Waals surface area contributed by atoms with Gasteiger partial charge in [0.1, 0.15) is 15.5 Å². The molecule has 0 saturated carbocycles. The number of nitrogens with zero attached hydrogens (tertiary/aromatic N) is 1. The lowest BCUT2D eigenvalue weighted by molar-refractivity contribution is 0.0701. The quantitative estimate of drug-likeness (QED) is 0.708. The van der Waals surface area contributed by atoms with Gasteiger partial charge in [-0.15, -0.1) is 23.1 Å². The van der Waals surface area contributed by atoms with Crippen molar-refractivity contribution in [3.63, 3.8) is 0 Å². The minimum Gasteiger partial charge on any atom is -0.477 e. The van der Waals surface area contributed by atoms with E-state index in [0.717, 1.165) is 16.9 Å². The molecule has 0 radical (unpaired) electrons. The van der Waals surface area contributed by atoms with Crippen LogP contribution in [-0.2, 0) is 6.42 Å². The van der Waals surface area contributed by atoms with E-state index in [2.05, 4.69) is 9.97 Å². The number of carbonyl (C=O) groups is 1. The minimum absolute atomic E-state index is 0.166. The molecule has 3 aromatic rings. The molecular formula is C16H14N2O3S2. The fraction of sp³-hybridized carbons (Fsp3) is 0.188. The summed E-state index contributed by atoms with van der Waals surface area (Å²) in [6.07, 6.45) is 2.51. The molecule has 5 nitrogen and oxygen atoms in total. The first-order chi connectivity index (χ1) is 11.0. The molecule has 0 saturated heterocycles. The fourth-order valence-electron chi connectivity index (χ4n) is 2.41. The molecule has 2 aromatic heterocycles. The number of H-pyrrole nitrogens is 1. The number of thiophene rings is 1. The number of aromatic nitrogens is 2. The summed E-state index contributed by atoms with van der Waals surface area (Å²) in [5.41, 5.74) is 1.23. The molecule has 0 bridgehead atoms. The Morgan fingerprint density at radius 2 is 2.04 bits per heavy atom. The number of hydrogen-bond acceptors (Lipinski definition) is 5. The van der Waals surface area contributed by atoms with Crippen molar-refractivity contribution < 1.29 is 9.90 Å². The predicted molar refractivity (Wildman–Crippen MR) is 93.0 cm³/mol. The normalized spacial score (nSPS) is 11.0. The van der Waals surface area contributed by atoms with Crippen molar-refractivity contribution in [3.8, 4) is 0 Å². The van der Waals surface area contributed by atoms with Crippen LogP contribution in [-0.4, -0.2) is 27.3 Å². The van der Waals surface area contributed by atoms with Crippen molar-refractivity contribution in [3.05, 3.63) is 56.4 Å². The van der Waals surface area contributed by atoms with Gasteiger partial charge in [-0.05, 0) is 36.4 Å². The van der Waals surface area contributed by atoms with E-state index in [1.807, 2.05) is 30.5 Å². The van der Waals surface area contributed by atoms with Gasteiger partial charge < -0.3 is 10.1 Å². The second-order valence-electron chi connectivity index (χ2n) is 5.08. The minimum atomic E-state index is -1.03.